The average molecular weight is 178 g/mol. The van der Waals surface area contributed by atoms with Gasteiger partial charge in [-0.3, -0.25) is 0 Å². The van der Waals surface area contributed by atoms with Crippen LogP contribution in [0.25, 0.3) is 6.08 Å². The van der Waals surface area contributed by atoms with Crippen LogP contribution in [0.4, 0.5) is 0 Å². The van der Waals surface area contributed by atoms with Gasteiger partial charge in [-0.2, -0.15) is 5.26 Å². The molecule has 1 aromatic rings. The summed E-state index contributed by atoms with van der Waals surface area (Å²) >= 11 is 1.37. The maximum absolute atomic E-state index is 10.3. The molecular weight excluding hydrogens is 174 g/mol. The highest BCUT2D eigenvalue weighted by molar-refractivity contribution is 7.10. The number of carboxylic acid groups (broad SMARTS) is 1. The third-order valence-corrected chi connectivity index (χ3v) is 1.99. The van der Waals surface area contributed by atoms with E-state index in [0.717, 1.165) is 4.88 Å². The number of carboxylic acids is 1. The molecule has 0 bridgehead atoms. The first-order chi connectivity index (χ1) is 5.74. The lowest BCUT2D eigenvalue weighted by Crippen LogP contribution is -2.23. The summed E-state index contributed by atoms with van der Waals surface area (Å²) in [5.74, 6) is -1.44. The van der Waals surface area contributed by atoms with Gasteiger partial charge in [0.25, 0.3) is 0 Å². The maximum Gasteiger partial charge on any atom is 0.101 e. The molecule has 0 fully saturated rings. The van der Waals surface area contributed by atoms with E-state index >= 15 is 0 Å². The lowest BCUT2D eigenvalue weighted by molar-refractivity contribution is -0.298. The molecule has 1 aromatic heterocycles. The molecule has 0 spiro atoms. The fourth-order valence-electron chi connectivity index (χ4n) is 0.652. The molecule has 3 nitrogen and oxygen atoms in total. The minimum Gasteiger partial charge on any atom is -0.544 e. The van der Waals surface area contributed by atoms with E-state index in [1.807, 2.05) is 0 Å². The Morgan fingerprint density at radius 3 is 2.92 bits per heavy atom. The number of nitrogens with zero attached hydrogens (tertiary/aromatic N) is 1. The van der Waals surface area contributed by atoms with E-state index in [9.17, 15) is 9.90 Å². The van der Waals surface area contributed by atoms with Crippen molar-refractivity contribution in [2.24, 2.45) is 0 Å². The van der Waals surface area contributed by atoms with E-state index in [4.69, 9.17) is 5.26 Å². The summed E-state index contributed by atoms with van der Waals surface area (Å²) in [6.45, 7) is 0. The molecule has 1 rings (SSSR count). The number of carbonyl (C=O) groups is 1. The first kappa shape index (κ1) is 8.50. The van der Waals surface area contributed by atoms with Crippen molar-refractivity contribution >= 4 is 23.4 Å². The molecule has 0 aliphatic rings. The van der Waals surface area contributed by atoms with Crippen LogP contribution in [-0.2, 0) is 4.79 Å². The van der Waals surface area contributed by atoms with Gasteiger partial charge in [0, 0.05) is 4.88 Å². The van der Waals surface area contributed by atoms with Crippen molar-refractivity contribution in [3.8, 4) is 6.07 Å². The van der Waals surface area contributed by atoms with Crippen molar-refractivity contribution in [2.45, 2.75) is 0 Å². The van der Waals surface area contributed by atoms with Crippen LogP contribution in [0.15, 0.2) is 23.1 Å². The number of hydrogen-bond acceptors (Lipinski definition) is 4. The highest BCUT2D eigenvalue weighted by Gasteiger charge is 1.96. The van der Waals surface area contributed by atoms with Crippen LogP contribution in [0.3, 0.4) is 0 Å². The second-order valence-corrected chi connectivity index (χ2v) is 2.95. The molecule has 0 aromatic carbocycles. The highest BCUT2D eigenvalue weighted by Crippen LogP contribution is 2.12. The van der Waals surface area contributed by atoms with Crippen LogP contribution >= 0.6 is 11.3 Å². The number of rotatable bonds is 2. The fourth-order valence-corrected chi connectivity index (χ4v) is 1.31. The van der Waals surface area contributed by atoms with Crippen LogP contribution in [0.5, 0.6) is 0 Å². The van der Waals surface area contributed by atoms with Crippen LogP contribution in [0, 0.1) is 11.3 Å². The minimum atomic E-state index is -1.44. The Balaban J connectivity index is 2.95. The molecule has 1 heterocycles. The summed E-state index contributed by atoms with van der Waals surface area (Å²) in [6.07, 6.45) is 1.29. The molecule has 0 radical (unpaired) electrons. The largest absolute Gasteiger partial charge is 0.544 e. The Labute approximate surface area is 73.2 Å². The van der Waals surface area contributed by atoms with Crippen molar-refractivity contribution in [1.82, 2.24) is 0 Å². The van der Waals surface area contributed by atoms with Crippen LogP contribution < -0.4 is 5.11 Å². The molecule has 0 saturated carbocycles. The van der Waals surface area contributed by atoms with Gasteiger partial charge in [0.1, 0.15) is 6.07 Å². The summed E-state index contributed by atoms with van der Waals surface area (Å²) in [7, 11) is 0. The molecule has 0 unspecified atom stereocenters. The lowest BCUT2D eigenvalue weighted by atomic mass is 10.2. The quantitative estimate of drug-likeness (QED) is 0.486. The molecule has 60 valence electrons. The Morgan fingerprint density at radius 1 is 1.75 bits per heavy atom. The number of nitriles is 1. The second-order valence-electron chi connectivity index (χ2n) is 1.97. The predicted molar refractivity (Wildman–Crippen MR) is 42.9 cm³/mol. The number of thiophene rings is 1. The van der Waals surface area contributed by atoms with E-state index in [2.05, 4.69) is 0 Å². The van der Waals surface area contributed by atoms with Crippen LogP contribution in [-0.4, -0.2) is 5.97 Å². The topological polar surface area (TPSA) is 63.9 Å². The summed E-state index contributed by atoms with van der Waals surface area (Å²) < 4.78 is 0. The van der Waals surface area contributed by atoms with Crippen molar-refractivity contribution in [1.29, 1.82) is 5.26 Å². The van der Waals surface area contributed by atoms with Gasteiger partial charge in [-0.15, -0.1) is 11.3 Å². The monoisotopic (exact) mass is 178 g/mol. The Kier molecular flexibility index (Phi) is 2.62. The van der Waals surface area contributed by atoms with Gasteiger partial charge in [-0.05, 0) is 17.5 Å². The predicted octanol–water partition coefficient (Wildman–Crippen LogP) is 0.405. The standard InChI is InChI=1S/C8H5NO2S/c9-5-6(8(10)11)4-7-2-1-3-12-7/h1-4H,(H,10,11)/p-1/b6-4-. The molecule has 4 heteroatoms. The van der Waals surface area contributed by atoms with Gasteiger partial charge >= 0.3 is 0 Å². The molecule has 0 aliphatic heterocycles. The lowest BCUT2D eigenvalue weighted by Gasteiger charge is -1.95. The van der Waals surface area contributed by atoms with Gasteiger partial charge in [-0.1, -0.05) is 6.07 Å². The molecule has 0 aliphatic carbocycles. The average Bonchev–Trinajstić information content (AvgIpc) is 2.51. The van der Waals surface area contributed by atoms with Gasteiger partial charge < -0.3 is 9.90 Å². The van der Waals surface area contributed by atoms with Crippen LogP contribution in [0.1, 0.15) is 4.88 Å². The first-order valence-corrected chi connectivity index (χ1v) is 3.98. The molecular formula is C8H4NO2S-. The van der Waals surface area contributed by atoms with Crippen molar-refractivity contribution in [2.75, 3.05) is 0 Å². The Hall–Kier alpha value is -1.60. The molecule has 0 N–H and O–H groups in total. The molecule has 0 saturated heterocycles. The summed E-state index contributed by atoms with van der Waals surface area (Å²) in [5, 5.41) is 20.4. The van der Waals surface area contributed by atoms with Crippen molar-refractivity contribution < 1.29 is 9.90 Å². The summed E-state index contributed by atoms with van der Waals surface area (Å²) in [4.78, 5) is 11.0. The van der Waals surface area contributed by atoms with Crippen LogP contribution in [0.2, 0.25) is 0 Å². The molecule has 0 amide bonds. The summed E-state index contributed by atoms with van der Waals surface area (Å²) in [5.41, 5.74) is -0.350. The van der Waals surface area contributed by atoms with E-state index in [1.54, 1.807) is 23.6 Å². The first-order valence-electron chi connectivity index (χ1n) is 3.10. The zero-order chi connectivity index (χ0) is 8.97. The van der Waals surface area contributed by atoms with Crippen molar-refractivity contribution in [3.63, 3.8) is 0 Å². The van der Waals surface area contributed by atoms with E-state index in [0.29, 0.717) is 0 Å². The van der Waals surface area contributed by atoms with E-state index in [-0.39, 0.29) is 5.57 Å². The third-order valence-electron chi connectivity index (χ3n) is 1.17. The summed E-state index contributed by atoms with van der Waals surface area (Å²) in [6, 6.07) is 5.05. The van der Waals surface area contributed by atoms with Crippen molar-refractivity contribution in [3.05, 3.63) is 28.0 Å². The zero-order valence-corrected chi connectivity index (χ0v) is 6.80. The van der Waals surface area contributed by atoms with Gasteiger partial charge in [0.15, 0.2) is 0 Å². The van der Waals surface area contributed by atoms with E-state index in [1.165, 1.54) is 17.4 Å². The molecule has 0 atom stereocenters. The minimum absolute atomic E-state index is 0.350. The third kappa shape index (κ3) is 1.94. The zero-order valence-electron chi connectivity index (χ0n) is 5.98. The van der Waals surface area contributed by atoms with Gasteiger partial charge in [0.05, 0.1) is 11.5 Å². The SMILES string of the molecule is N#C/C(=C/c1cccs1)C(=O)[O-]. The molecule has 12 heavy (non-hydrogen) atoms. The smallest absolute Gasteiger partial charge is 0.101 e. The number of aliphatic carboxylic acids is 1. The second kappa shape index (κ2) is 3.69. The van der Waals surface area contributed by atoms with E-state index < -0.39 is 5.97 Å². The van der Waals surface area contributed by atoms with Gasteiger partial charge in [0.2, 0.25) is 0 Å². The highest BCUT2D eigenvalue weighted by atomic mass is 32.1. The van der Waals surface area contributed by atoms with Gasteiger partial charge in [-0.25, -0.2) is 0 Å². The normalized spacial score (nSPS) is 10.8. The Bertz CT molecular complexity index is 346. The fraction of sp³-hybridized carbons (Fsp3) is 0. The Morgan fingerprint density at radius 2 is 2.50 bits per heavy atom. The number of hydrogen-bond donors (Lipinski definition) is 0. The maximum atomic E-state index is 10.3. The number of carbonyl (C=O) groups excluding carboxylic acids is 1.